The summed E-state index contributed by atoms with van der Waals surface area (Å²) in [5.74, 6) is -0.260. The van der Waals surface area contributed by atoms with Crippen LogP contribution in [0.15, 0.2) is 47.4 Å². The van der Waals surface area contributed by atoms with Gasteiger partial charge in [0.05, 0.1) is 6.04 Å². The van der Waals surface area contributed by atoms with E-state index in [0.717, 1.165) is 0 Å². The molecule has 0 aliphatic rings. The lowest BCUT2D eigenvalue weighted by Crippen LogP contribution is -2.33. The first-order chi connectivity index (χ1) is 9.52. The zero-order valence-electron chi connectivity index (χ0n) is 11.3. The fourth-order valence-electron chi connectivity index (χ4n) is 2.01. The van der Waals surface area contributed by atoms with Crippen molar-refractivity contribution < 1.29 is 9.90 Å². The quantitative estimate of drug-likeness (QED) is 0.896. The van der Waals surface area contributed by atoms with E-state index in [0.29, 0.717) is 5.56 Å². The molecule has 2 rings (SSSR count). The molecular formula is C15H16N2O3. The van der Waals surface area contributed by atoms with Crippen molar-refractivity contribution in [1.29, 1.82) is 0 Å². The number of nitrogens with one attached hydrogen (secondary N) is 1. The molecule has 0 saturated heterocycles. The number of pyridine rings is 1. The van der Waals surface area contributed by atoms with E-state index < -0.39 is 5.56 Å². The minimum absolute atomic E-state index is 0.0808. The van der Waals surface area contributed by atoms with E-state index in [2.05, 4.69) is 4.98 Å². The Labute approximate surface area is 116 Å². The van der Waals surface area contributed by atoms with E-state index in [1.807, 2.05) is 0 Å². The van der Waals surface area contributed by atoms with Crippen LogP contribution in [-0.2, 0) is 0 Å². The lowest BCUT2D eigenvalue weighted by atomic mass is 10.1. The molecule has 1 atom stereocenters. The van der Waals surface area contributed by atoms with Crippen LogP contribution in [0, 0.1) is 0 Å². The van der Waals surface area contributed by atoms with Crippen molar-refractivity contribution >= 4 is 5.91 Å². The van der Waals surface area contributed by atoms with E-state index in [4.69, 9.17) is 0 Å². The Morgan fingerprint density at radius 1 is 1.25 bits per heavy atom. The van der Waals surface area contributed by atoms with Crippen LogP contribution in [0.25, 0.3) is 0 Å². The smallest absolute Gasteiger partial charge is 0.260 e. The molecule has 0 fully saturated rings. The van der Waals surface area contributed by atoms with Gasteiger partial charge in [-0.1, -0.05) is 18.2 Å². The highest BCUT2D eigenvalue weighted by Crippen LogP contribution is 2.27. The fraction of sp³-hybridized carbons (Fsp3) is 0.200. The van der Waals surface area contributed by atoms with Gasteiger partial charge in [0.2, 0.25) is 0 Å². The summed E-state index contributed by atoms with van der Waals surface area (Å²) in [6.07, 6.45) is 1.48. The van der Waals surface area contributed by atoms with Gasteiger partial charge in [0.25, 0.3) is 11.5 Å². The fourth-order valence-corrected chi connectivity index (χ4v) is 2.01. The molecule has 0 aliphatic carbocycles. The zero-order chi connectivity index (χ0) is 14.7. The number of aromatic amines is 1. The Morgan fingerprint density at radius 3 is 2.60 bits per heavy atom. The van der Waals surface area contributed by atoms with Gasteiger partial charge in [-0.3, -0.25) is 9.59 Å². The highest BCUT2D eigenvalue weighted by molar-refractivity contribution is 5.93. The molecule has 104 valence electrons. The minimum Gasteiger partial charge on any atom is -0.508 e. The molecule has 0 aliphatic heterocycles. The van der Waals surface area contributed by atoms with E-state index in [1.165, 1.54) is 17.2 Å². The third-order valence-corrected chi connectivity index (χ3v) is 3.34. The number of phenols is 1. The number of rotatable bonds is 3. The molecule has 1 aromatic carbocycles. The van der Waals surface area contributed by atoms with Crippen molar-refractivity contribution in [2.45, 2.75) is 13.0 Å². The van der Waals surface area contributed by atoms with Crippen LogP contribution < -0.4 is 5.56 Å². The summed E-state index contributed by atoms with van der Waals surface area (Å²) in [5, 5.41) is 9.83. The first kappa shape index (κ1) is 13.9. The Bertz CT molecular complexity index is 679. The highest BCUT2D eigenvalue weighted by atomic mass is 16.3. The highest BCUT2D eigenvalue weighted by Gasteiger charge is 2.22. The Morgan fingerprint density at radius 2 is 1.95 bits per heavy atom. The van der Waals surface area contributed by atoms with Crippen molar-refractivity contribution in [1.82, 2.24) is 9.88 Å². The van der Waals surface area contributed by atoms with Gasteiger partial charge < -0.3 is 15.0 Å². The lowest BCUT2D eigenvalue weighted by molar-refractivity contribution is 0.0739. The standard InChI is InChI=1S/C15H16N2O3/c1-10(11-6-3-4-8-13(11)18)17(2)15(20)12-7-5-9-16-14(12)19/h3-10,18H,1-2H3,(H,16,19). The summed E-state index contributed by atoms with van der Waals surface area (Å²) in [6.45, 7) is 1.80. The van der Waals surface area contributed by atoms with Gasteiger partial charge in [-0.2, -0.15) is 0 Å². The van der Waals surface area contributed by atoms with E-state index >= 15 is 0 Å². The average Bonchev–Trinajstić information content (AvgIpc) is 2.46. The van der Waals surface area contributed by atoms with Crippen LogP contribution in [0.4, 0.5) is 0 Å². The van der Waals surface area contributed by atoms with Crippen molar-refractivity contribution in [3.8, 4) is 5.75 Å². The van der Waals surface area contributed by atoms with Crippen molar-refractivity contribution in [3.05, 3.63) is 64.1 Å². The summed E-state index contributed by atoms with van der Waals surface area (Å²) in [5.41, 5.74) is 0.293. The van der Waals surface area contributed by atoms with E-state index in [9.17, 15) is 14.7 Å². The number of carbonyl (C=O) groups is 1. The SMILES string of the molecule is CC(c1ccccc1O)N(C)C(=O)c1ccc[nH]c1=O. The largest absolute Gasteiger partial charge is 0.508 e. The second-order valence-corrected chi connectivity index (χ2v) is 4.56. The van der Waals surface area contributed by atoms with Crippen LogP contribution in [0.1, 0.15) is 28.9 Å². The molecule has 20 heavy (non-hydrogen) atoms. The Kier molecular flexibility index (Phi) is 3.89. The van der Waals surface area contributed by atoms with Gasteiger partial charge in [0.1, 0.15) is 11.3 Å². The molecule has 1 heterocycles. The van der Waals surface area contributed by atoms with Crippen LogP contribution >= 0.6 is 0 Å². The van der Waals surface area contributed by atoms with Gasteiger partial charge in [0.15, 0.2) is 0 Å². The predicted octanol–water partition coefficient (Wildman–Crippen LogP) is 1.91. The number of H-pyrrole nitrogens is 1. The predicted molar refractivity (Wildman–Crippen MR) is 75.7 cm³/mol. The number of benzene rings is 1. The molecule has 2 N–H and O–H groups in total. The normalized spacial score (nSPS) is 11.9. The molecule has 5 nitrogen and oxygen atoms in total. The van der Waals surface area contributed by atoms with Crippen molar-refractivity contribution in [2.75, 3.05) is 7.05 Å². The number of hydrogen-bond donors (Lipinski definition) is 2. The first-order valence-electron chi connectivity index (χ1n) is 6.25. The number of amides is 1. The number of nitrogens with zero attached hydrogens (tertiary/aromatic N) is 1. The first-order valence-corrected chi connectivity index (χ1v) is 6.25. The third kappa shape index (κ3) is 2.56. The maximum absolute atomic E-state index is 12.3. The number of carbonyl (C=O) groups excluding carboxylic acids is 1. The van der Waals surface area contributed by atoms with E-state index in [-0.39, 0.29) is 23.3 Å². The minimum atomic E-state index is -0.422. The van der Waals surface area contributed by atoms with Crippen LogP contribution in [0.2, 0.25) is 0 Å². The molecule has 0 radical (unpaired) electrons. The summed E-state index contributed by atoms with van der Waals surface area (Å²) in [4.78, 5) is 27.9. The van der Waals surface area contributed by atoms with Crippen molar-refractivity contribution in [3.63, 3.8) is 0 Å². The number of aromatic hydroxyl groups is 1. The van der Waals surface area contributed by atoms with E-state index in [1.54, 1.807) is 44.3 Å². The lowest BCUT2D eigenvalue weighted by Gasteiger charge is -2.25. The molecule has 0 bridgehead atoms. The molecule has 1 unspecified atom stereocenters. The molecule has 1 amide bonds. The monoisotopic (exact) mass is 272 g/mol. The summed E-state index contributed by atoms with van der Waals surface area (Å²) in [6, 6.07) is 9.57. The van der Waals surface area contributed by atoms with Gasteiger partial charge >= 0.3 is 0 Å². The van der Waals surface area contributed by atoms with Gasteiger partial charge in [-0.05, 0) is 25.1 Å². The zero-order valence-corrected chi connectivity index (χ0v) is 11.3. The average molecular weight is 272 g/mol. The maximum atomic E-state index is 12.3. The van der Waals surface area contributed by atoms with Crippen LogP contribution in [-0.4, -0.2) is 27.9 Å². The van der Waals surface area contributed by atoms with Gasteiger partial charge in [0, 0.05) is 18.8 Å². The van der Waals surface area contributed by atoms with Gasteiger partial charge in [-0.25, -0.2) is 0 Å². The molecule has 0 spiro atoms. The van der Waals surface area contributed by atoms with Gasteiger partial charge in [-0.15, -0.1) is 0 Å². The molecular weight excluding hydrogens is 256 g/mol. The van der Waals surface area contributed by atoms with Crippen LogP contribution in [0.5, 0.6) is 5.75 Å². The third-order valence-electron chi connectivity index (χ3n) is 3.34. The number of hydrogen-bond acceptors (Lipinski definition) is 3. The molecule has 0 saturated carbocycles. The summed E-state index contributed by atoms with van der Waals surface area (Å²) >= 11 is 0. The number of para-hydroxylation sites is 1. The number of aromatic nitrogens is 1. The maximum Gasteiger partial charge on any atom is 0.260 e. The second-order valence-electron chi connectivity index (χ2n) is 4.56. The second kappa shape index (κ2) is 5.61. The summed E-state index contributed by atoms with van der Waals surface area (Å²) in [7, 11) is 1.60. The number of phenolic OH excluding ortho intramolecular Hbond substituents is 1. The molecule has 5 heteroatoms. The summed E-state index contributed by atoms with van der Waals surface area (Å²) < 4.78 is 0. The Balaban J connectivity index is 2.30. The van der Waals surface area contributed by atoms with Crippen molar-refractivity contribution in [2.24, 2.45) is 0 Å². The van der Waals surface area contributed by atoms with Crippen LogP contribution in [0.3, 0.4) is 0 Å². The molecule has 1 aromatic heterocycles. The molecule has 2 aromatic rings. The Hall–Kier alpha value is -2.56. The topological polar surface area (TPSA) is 73.4 Å².